The molecular formula is C13H18N2O. The minimum Gasteiger partial charge on any atom is -0.458 e. The molecular weight excluding hydrogens is 200 g/mol. The largest absolute Gasteiger partial charge is 0.458 e. The van der Waals surface area contributed by atoms with E-state index < -0.39 is 0 Å². The topological polar surface area (TPSA) is 52.0 Å². The number of aryl methyl sites for hydroxylation is 1. The number of hydrogen-bond acceptors (Lipinski definition) is 3. The second-order valence-electron chi connectivity index (χ2n) is 4.72. The third-order valence-corrected chi connectivity index (χ3v) is 2.62. The van der Waals surface area contributed by atoms with E-state index in [9.17, 15) is 0 Å². The van der Waals surface area contributed by atoms with Gasteiger partial charge in [0.2, 0.25) is 0 Å². The van der Waals surface area contributed by atoms with Gasteiger partial charge in [-0.2, -0.15) is 0 Å². The molecule has 2 aromatic rings. The lowest BCUT2D eigenvalue weighted by molar-refractivity contribution is 0.431. The van der Waals surface area contributed by atoms with Gasteiger partial charge in [0, 0.05) is 11.8 Å². The van der Waals surface area contributed by atoms with Crippen LogP contribution in [-0.4, -0.2) is 4.98 Å². The Labute approximate surface area is 95.7 Å². The van der Waals surface area contributed by atoms with E-state index >= 15 is 0 Å². The van der Waals surface area contributed by atoms with Gasteiger partial charge in [-0.3, -0.25) is 0 Å². The third-order valence-electron chi connectivity index (χ3n) is 2.62. The van der Waals surface area contributed by atoms with Crippen LogP contribution in [0.4, 0.5) is 0 Å². The van der Waals surface area contributed by atoms with E-state index in [2.05, 4.69) is 18.8 Å². The summed E-state index contributed by atoms with van der Waals surface area (Å²) in [5.41, 5.74) is 8.79. The van der Waals surface area contributed by atoms with E-state index in [0.717, 1.165) is 29.0 Å². The van der Waals surface area contributed by atoms with Crippen molar-refractivity contribution in [2.24, 2.45) is 11.7 Å². The minimum absolute atomic E-state index is 0.0329. The van der Waals surface area contributed by atoms with Crippen LogP contribution < -0.4 is 5.73 Å². The summed E-state index contributed by atoms with van der Waals surface area (Å²) in [6.45, 7) is 6.29. The highest BCUT2D eigenvalue weighted by atomic mass is 16.3. The fraction of sp³-hybridized carbons (Fsp3) is 0.462. The third kappa shape index (κ3) is 2.25. The summed E-state index contributed by atoms with van der Waals surface area (Å²) >= 11 is 0. The summed E-state index contributed by atoms with van der Waals surface area (Å²) in [5, 5.41) is 0. The van der Waals surface area contributed by atoms with Crippen molar-refractivity contribution in [3.8, 4) is 0 Å². The Hall–Kier alpha value is -1.35. The molecule has 0 aliphatic heterocycles. The van der Waals surface area contributed by atoms with Gasteiger partial charge in [-0.25, -0.2) is 4.98 Å². The number of pyridine rings is 1. The van der Waals surface area contributed by atoms with Crippen molar-refractivity contribution in [1.82, 2.24) is 4.98 Å². The fourth-order valence-electron chi connectivity index (χ4n) is 1.85. The Morgan fingerprint density at radius 3 is 2.81 bits per heavy atom. The zero-order valence-corrected chi connectivity index (χ0v) is 10.0. The summed E-state index contributed by atoms with van der Waals surface area (Å²) < 4.78 is 5.70. The van der Waals surface area contributed by atoms with E-state index in [1.54, 1.807) is 0 Å². The van der Waals surface area contributed by atoms with Gasteiger partial charge in [0.15, 0.2) is 5.58 Å². The molecule has 0 saturated heterocycles. The predicted octanol–water partition coefficient (Wildman–Crippen LogP) is 3.18. The summed E-state index contributed by atoms with van der Waals surface area (Å²) in [7, 11) is 0. The van der Waals surface area contributed by atoms with Crippen molar-refractivity contribution in [3.05, 3.63) is 29.7 Å². The Bertz CT molecular complexity index is 488. The molecule has 1 unspecified atom stereocenters. The Kier molecular flexibility index (Phi) is 2.97. The Morgan fingerprint density at radius 1 is 1.38 bits per heavy atom. The van der Waals surface area contributed by atoms with Crippen LogP contribution >= 0.6 is 0 Å². The molecule has 2 rings (SSSR count). The van der Waals surface area contributed by atoms with Crippen LogP contribution in [0.25, 0.3) is 11.1 Å². The molecule has 1 atom stereocenters. The van der Waals surface area contributed by atoms with E-state index in [4.69, 9.17) is 10.2 Å². The van der Waals surface area contributed by atoms with Gasteiger partial charge in [-0.05, 0) is 31.4 Å². The van der Waals surface area contributed by atoms with E-state index in [1.165, 1.54) is 0 Å². The molecule has 3 nitrogen and oxygen atoms in total. The number of nitrogens with two attached hydrogens (primary N) is 1. The first-order valence-corrected chi connectivity index (χ1v) is 5.69. The van der Waals surface area contributed by atoms with E-state index in [0.29, 0.717) is 5.92 Å². The van der Waals surface area contributed by atoms with Gasteiger partial charge in [0.25, 0.3) is 0 Å². The summed E-state index contributed by atoms with van der Waals surface area (Å²) in [6.07, 6.45) is 0.929. The summed E-state index contributed by atoms with van der Waals surface area (Å²) in [4.78, 5) is 4.41. The summed E-state index contributed by atoms with van der Waals surface area (Å²) in [6, 6.07) is 5.82. The molecule has 0 amide bonds. The van der Waals surface area contributed by atoms with Crippen molar-refractivity contribution < 1.29 is 4.42 Å². The number of fused-ring (bicyclic) bond motifs is 1. The fourth-order valence-corrected chi connectivity index (χ4v) is 1.85. The van der Waals surface area contributed by atoms with Crippen molar-refractivity contribution in [2.75, 3.05) is 0 Å². The lowest BCUT2D eigenvalue weighted by atomic mass is 10.0. The molecule has 0 bridgehead atoms. The van der Waals surface area contributed by atoms with Crippen LogP contribution in [0.15, 0.2) is 22.6 Å². The molecule has 2 N–H and O–H groups in total. The summed E-state index contributed by atoms with van der Waals surface area (Å²) in [5.74, 6) is 1.40. The SMILES string of the molecule is Cc1ccc2oc(C(N)CC(C)C)cc2n1. The monoisotopic (exact) mass is 218 g/mol. The molecule has 86 valence electrons. The van der Waals surface area contributed by atoms with Gasteiger partial charge in [0.05, 0.1) is 6.04 Å². The number of aromatic nitrogens is 1. The second-order valence-corrected chi connectivity index (χ2v) is 4.72. The molecule has 0 fully saturated rings. The van der Waals surface area contributed by atoms with Crippen LogP contribution in [0, 0.1) is 12.8 Å². The van der Waals surface area contributed by atoms with Gasteiger partial charge < -0.3 is 10.2 Å². The number of rotatable bonds is 3. The maximum absolute atomic E-state index is 6.08. The standard InChI is InChI=1S/C13H18N2O/c1-8(2)6-10(14)13-7-11-12(16-13)5-4-9(3)15-11/h4-5,7-8,10H,6,14H2,1-3H3. The first kappa shape index (κ1) is 11.1. The average Bonchev–Trinajstić information content (AvgIpc) is 2.59. The molecule has 0 aliphatic rings. The number of furan rings is 1. The average molecular weight is 218 g/mol. The first-order valence-electron chi connectivity index (χ1n) is 5.69. The lowest BCUT2D eigenvalue weighted by Crippen LogP contribution is -2.11. The van der Waals surface area contributed by atoms with Crippen molar-refractivity contribution in [1.29, 1.82) is 0 Å². The normalized spacial score (nSPS) is 13.6. The quantitative estimate of drug-likeness (QED) is 0.860. The van der Waals surface area contributed by atoms with Gasteiger partial charge in [-0.15, -0.1) is 0 Å². The van der Waals surface area contributed by atoms with Crippen LogP contribution in [0.1, 0.15) is 37.8 Å². The molecule has 0 aromatic carbocycles. The van der Waals surface area contributed by atoms with E-state index in [1.807, 2.05) is 25.1 Å². The zero-order chi connectivity index (χ0) is 11.7. The highest BCUT2D eigenvalue weighted by Crippen LogP contribution is 2.25. The smallest absolute Gasteiger partial charge is 0.152 e. The Balaban J connectivity index is 2.32. The number of nitrogens with zero attached hydrogens (tertiary/aromatic N) is 1. The molecule has 2 heterocycles. The molecule has 0 radical (unpaired) electrons. The van der Waals surface area contributed by atoms with Crippen molar-refractivity contribution in [2.45, 2.75) is 33.2 Å². The van der Waals surface area contributed by atoms with Crippen LogP contribution in [0.2, 0.25) is 0 Å². The second kappa shape index (κ2) is 4.26. The van der Waals surface area contributed by atoms with Crippen LogP contribution in [0.5, 0.6) is 0 Å². The molecule has 0 spiro atoms. The van der Waals surface area contributed by atoms with Gasteiger partial charge in [0.1, 0.15) is 11.3 Å². The Morgan fingerprint density at radius 2 is 2.12 bits per heavy atom. The maximum atomic E-state index is 6.08. The number of hydrogen-bond donors (Lipinski definition) is 1. The molecule has 2 aromatic heterocycles. The van der Waals surface area contributed by atoms with Gasteiger partial charge >= 0.3 is 0 Å². The van der Waals surface area contributed by atoms with E-state index in [-0.39, 0.29) is 6.04 Å². The highest BCUT2D eigenvalue weighted by Gasteiger charge is 2.14. The van der Waals surface area contributed by atoms with Gasteiger partial charge in [-0.1, -0.05) is 13.8 Å². The van der Waals surface area contributed by atoms with Crippen LogP contribution in [-0.2, 0) is 0 Å². The lowest BCUT2D eigenvalue weighted by Gasteiger charge is -2.10. The van der Waals surface area contributed by atoms with Crippen molar-refractivity contribution in [3.63, 3.8) is 0 Å². The zero-order valence-electron chi connectivity index (χ0n) is 10.0. The molecule has 0 saturated carbocycles. The molecule has 16 heavy (non-hydrogen) atoms. The molecule has 0 aliphatic carbocycles. The predicted molar refractivity (Wildman–Crippen MR) is 65.1 cm³/mol. The highest BCUT2D eigenvalue weighted by molar-refractivity contribution is 5.73. The minimum atomic E-state index is -0.0329. The van der Waals surface area contributed by atoms with Crippen LogP contribution in [0.3, 0.4) is 0 Å². The first-order chi connectivity index (χ1) is 7.56. The van der Waals surface area contributed by atoms with Crippen molar-refractivity contribution >= 4 is 11.1 Å². The maximum Gasteiger partial charge on any atom is 0.152 e. The molecule has 3 heteroatoms.